The van der Waals surface area contributed by atoms with E-state index in [1.807, 2.05) is 0 Å². The van der Waals surface area contributed by atoms with Crippen LogP contribution >= 0.6 is 0 Å². The van der Waals surface area contributed by atoms with Crippen LogP contribution in [0.4, 0.5) is 0 Å². The maximum absolute atomic E-state index is 12.0. The third-order valence-corrected chi connectivity index (χ3v) is 11.5. The van der Waals surface area contributed by atoms with Crippen LogP contribution in [0.15, 0.2) is 0 Å². The first-order valence-corrected chi connectivity index (χ1v) is 25.0. The van der Waals surface area contributed by atoms with E-state index in [4.69, 9.17) is 9.47 Å². The summed E-state index contributed by atoms with van der Waals surface area (Å²) in [6.07, 6.45) is 56.6. The molecule has 0 fully saturated rings. The van der Waals surface area contributed by atoms with Crippen molar-refractivity contribution in [2.24, 2.45) is 0 Å². The monoisotopic (exact) mass is 763 g/mol. The Morgan fingerprint density at radius 2 is 0.407 bits per heavy atom. The molecule has 0 aromatic heterocycles. The molecule has 0 heterocycles. The summed E-state index contributed by atoms with van der Waals surface area (Å²) in [4.78, 5) is 24.0. The third-order valence-electron chi connectivity index (χ3n) is 11.5. The van der Waals surface area contributed by atoms with Crippen LogP contribution in [0.5, 0.6) is 0 Å². The van der Waals surface area contributed by atoms with E-state index < -0.39 is 0 Å². The predicted octanol–water partition coefficient (Wildman–Crippen LogP) is 17.3. The van der Waals surface area contributed by atoms with Crippen LogP contribution in [0.2, 0.25) is 0 Å². The third kappa shape index (κ3) is 47.1. The van der Waals surface area contributed by atoms with Crippen LogP contribution in [0.3, 0.4) is 0 Å². The Labute approximate surface area is 339 Å². The molecule has 0 aliphatic carbocycles. The van der Waals surface area contributed by atoms with Gasteiger partial charge in [-0.25, -0.2) is 0 Å². The summed E-state index contributed by atoms with van der Waals surface area (Å²) < 4.78 is 10.9. The van der Waals surface area contributed by atoms with Gasteiger partial charge in [0.15, 0.2) is 0 Å². The molecule has 0 aromatic carbocycles. The Bertz CT molecular complexity index is 661. The zero-order valence-electron chi connectivity index (χ0n) is 37.2. The van der Waals surface area contributed by atoms with Gasteiger partial charge in [-0.3, -0.25) is 9.59 Å². The second-order valence-corrected chi connectivity index (χ2v) is 17.1. The summed E-state index contributed by atoms with van der Waals surface area (Å²) in [5.41, 5.74) is 0. The summed E-state index contributed by atoms with van der Waals surface area (Å²) in [6.45, 7) is 5.80. The van der Waals surface area contributed by atoms with Crippen LogP contribution in [0.25, 0.3) is 0 Å². The van der Waals surface area contributed by atoms with Crippen molar-refractivity contribution in [2.75, 3.05) is 13.2 Å². The first kappa shape index (κ1) is 52.9. The number of unbranched alkanes of at least 4 members (excludes halogenated alkanes) is 39. The average Bonchev–Trinajstić information content (AvgIpc) is 3.17. The molecule has 0 bridgehead atoms. The molecular formula is C50H98O4. The van der Waals surface area contributed by atoms with Crippen molar-refractivity contribution >= 4 is 11.9 Å². The number of carbonyl (C=O) groups excluding carboxylic acids is 2. The lowest BCUT2D eigenvalue weighted by molar-refractivity contribution is -0.144. The molecule has 0 aromatic rings. The van der Waals surface area contributed by atoms with Crippen molar-refractivity contribution in [1.82, 2.24) is 0 Å². The minimum atomic E-state index is 0.0141. The van der Waals surface area contributed by atoms with Crippen molar-refractivity contribution in [3.05, 3.63) is 0 Å². The van der Waals surface area contributed by atoms with Crippen LogP contribution in [0.1, 0.15) is 296 Å². The van der Waals surface area contributed by atoms with E-state index in [0.29, 0.717) is 26.1 Å². The molecule has 0 N–H and O–H groups in total. The van der Waals surface area contributed by atoms with Crippen LogP contribution in [0, 0.1) is 0 Å². The van der Waals surface area contributed by atoms with Gasteiger partial charge in [0.25, 0.3) is 0 Å². The van der Waals surface area contributed by atoms with E-state index in [1.54, 1.807) is 0 Å². The number of ether oxygens (including phenoxy) is 2. The van der Waals surface area contributed by atoms with Gasteiger partial charge in [-0.2, -0.15) is 0 Å². The normalized spacial score (nSPS) is 11.4. The molecule has 0 saturated carbocycles. The van der Waals surface area contributed by atoms with Crippen LogP contribution < -0.4 is 0 Å². The van der Waals surface area contributed by atoms with E-state index in [2.05, 4.69) is 13.8 Å². The van der Waals surface area contributed by atoms with Crippen LogP contribution in [-0.2, 0) is 19.1 Å². The predicted molar refractivity (Wildman–Crippen MR) is 236 cm³/mol. The maximum atomic E-state index is 12.0. The molecule has 0 amide bonds. The zero-order chi connectivity index (χ0) is 39.1. The van der Waals surface area contributed by atoms with Gasteiger partial charge in [0, 0.05) is 12.8 Å². The van der Waals surface area contributed by atoms with Gasteiger partial charge >= 0.3 is 11.9 Å². The number of rotatable bonds is 47. The molecular weight excluding hydrogens is 665 g/mol. The Hall–Kier alpha value is -1.06. The molecule has 4 heteroatoms. The maximum Gasteiger partial charge on any atom is 0.305 e. The highest BCUT2D eigenvalue weighted by atomic mass is 16.5. The molecule has 0 aliphatic rings. The molecule has 0 radical (unpaired) electrons. The number of hydrogen-bond acceptors (Lipinski definition) is 4. The second-order valence-electron chi connectivity index (χ2n) is 17.1. The molecule has 0 saturated heterocycles. The fourth-order valence-corrected chi connectivity index (χ4v) is 7.77. The van der Waals surface area contributed by atoms with Gasteiger partial charge in [-0.15, -0.1) is 0 Å². The molecule has 322 valence electrons. The van der Waals surface area contributed by atoms with Crippen LogP contribution in [-0.4, -0.2) is 25.2 Å². The van der Waals surface area contributed by atoms with Gasteiger partial charge in [-0.05, 0) is 25.7 Å². The standard InChI is InChI=1S/C50H98O4/c1-3-5-7-9-11-13-15-17-21-25-29-33-37-41-45-49(51)53-47-43-39-35-31-27-23-19-20-24-28-32-36-40-44-48-54-50(52)46-42-38-34-30-26-22-18-16-14-12-10-8-6-4-2/h3-48H2,1-2H3. The van der Waals surface area contributed by atoms with Crippen molar-refractivity contribution in [3.8, 4) is 0 Å². The lowest BCUT2D eigenvalue weighted by Gasteiger charge is -2.06. The molecule has 0 rings (SSSR count). The fraction of sp³-hybridized carbons (Fsp3) is 0.960. The number of hydrogen-bond donors (Lipinski definition) is 0. The number of esters is 2. The number of carbonyl (C=O) groups is 2. The Balaban J connectivity index is 3.20. The highest BCUT2D eigenvalue weighted by molar-refractivity contribution is 5.69. The summed E-state index contributed by atoms with van der Waals surface area (Å²) in [7, 11) is 0. The van der Waals surface area contributed by atoms with Gasteiger partial charge in [0.1, 0.15) is 0 Å². The molecule has 0 aliphatic heterocycles. The second kappa shape index (κ2) is 48.1. The summed E-state index contributed by atoms with van der Waals surface area (Å²) in [5, 5.41) is 0. The van der Waals surface area contributed by atoms with Crippen molar-refractivity contribution in [3.63, 3.8) is 0 Å². The molecule has 0 spiro atoms. The largest absolute Gasteiger partial charge is 0.466 e. The highest BCUT2D eigenvalue weighted by Gasteiger charge is 2.04. The van der Waals surface area contributed by atoms with E-state index in [1.165, 1.54) is 244 Å². The molecule has 4 nitrogen and oxygen atoms in total. The van der Waals surface area contributed by atoms with E-state index in [0.717, 1.165) is 25.7 Å². The van der Waals surface area contributed by atoms with E-state index in [9.17, 15) is 9.59 Å². The van der Waals surface area contributed by atoms with E-state index >= 15 is 0 Å². The zero-order valence-corrected chi connectivity index (χ0v) is 37.2. The minimum absolute atomic E-state index is 0.0141. The smallest absolute Gasteiger partial charge is 0.305 e. The van der Waals surface area contributed by atoms with Crippen molar-refractivity contribution in [1.29, 1.82) is 0 Å². The summed E-state index contributed by atoms with van der Waals surface area (Å²) in [5.74, 6) is 0.0281. The fourth-order valence-electron chi connectivity index (χ4n) is 7.77. The van der Waals surface area contributed by atoms with E-state index in [-0.39, 0.29) is 11.9 Å². The lowest BCUT2D eigenvalue weighted by atomic mass is 10.0. The first-order chi connectivity index (χ1) is 26.7. The molecule has 0 atom stereocenters. The molecule has 0 unspecified atom stereocenters. The van der Waals surface area contributed by atoms with Gasteiger partial charge in [0.2, 0.25) is 0 Å². The lowest BCUT2D eigenvalue weighted by Crippen LogP contribution is -2.05. The Morgan fingerprint density at radius 3 is 0.611 bits per heavy atom. The van der Waals surface area contributed by atoms with Gasteiger partial charge in [-0.1, -0.05) is 258 Å². The first-order valence-electron chi connectivity index (χ1n) is 25.0. The Kier molecular flexibility index (Phi) is 47.1. The quantitative estimate of drug-likeness (QED) is 0.0458. The van der Waals surface area contributed by atoms with Crippen molar-refractivity contribution < 1.29 is 19.1 Å². The molecule has 54 heavy (non-hydrogen) atoms. The average molecular weight is 763 g/mol. The Morgan fingerprint density at radius 1 is 0.241 bits per heavy atom. The van der Waals surface area contributed by atoms with Gasteiger partial charge in [0.05, 0.1) is 13.2 Å². The topological polar surface area (TPSA) is 52.6 Å². The summed E-state index contributed by atoms with van der Waals surface area (Å²) in [6, 6.07) is 0. The highest BCUT2D eigenvalue weighted by Crippen LogP contribution is 2.16. The summed E-state index contributed by atoms with van der Waals surface area (Å²) >= 11 is 0. The SMILES string of the molecule is CCCCCCCCCCCCCCCCC(=O)OCCCCCCCCCCCCCCCCOC(=O)CCCCCCCCCCCCCCCC. The minimum Gasteiger partial charge on any atom is -0.466 e. The van der Waals surface area contributed by atoms with Gasteiger partial charge < -0.3 is 9.47 Å². The van der Waals surface area contributed by atoms with Crippen molar-refractivity contribution in [2.45, 2.75) is 296 Å².